The molecule has 0 heterocycles. The number of aliphatic imine (C=N–C) groups is 1. The van der Waals surface area contributed by atoms with Crippen LogP contribution in [0.1, 0.15) is 5.56 Å². The Morgan fingerprint density at radius 3 is 2.00 bits per heavy atom. The first-order valence-corrected chi connectivity index (χ1v) is 20.2. The van der Waals surface area contributed by atoms with Gasteiger partial charge in [-0.1, -0.05) is 54.2 Å². The number of rotatable bonds is 4. The maximum absolute atomic E-state index is 10.4. The van der Waals surface area contributed by atoms with Gasteiger partial charge >= 0.3 is 42.8 Å². The number of phenols is 1. The summed E-state index contributed by atoms with van der Waals surface area (Å²) in [7, 11) is 15.0. The number of hydrogen-bond acceptors (Lipinski definition) is 3. The Morgan fingerprint density at radius 2 is 1.38 bits per heavy atom. The second kappa shape index (κ2) is 11.7. The summed E-state index contributed by atoms with van der Waals surface area (Å²) >= 11 is -0.638. The summed E-state index contributed by atoms with van der Waals surface area (Å²) in [6.45, 7) is 0. The average molecular weight is 593 g/mol. The van der Waals surface area contributed by atoms with Crippen molar-refractivity contribution in [3.8, 4) is 5.75 Å². The zero-order chi connectivity index (χ0) is 18.8. The van der Waals surface area contributed by atoms with Gasteiger partial charge in [0.15, 0.2) is 0 Å². The van der Waals surface area contributed by atoms with Crippen molar-refractivity contribution < 1.29 is 20.3 Å². The van der Waals surface area contributed by atoms with E-state index < -0.39 is 15.2 Å². The normalized spacial score (nSPS) is 10.6. The molecule has 134 valence electrons. The fourth-order valence-electron chi connectivity index (χ4n) is 2.00. The van der Waals surface area contributed by atoms with Crippen molar-refractivity contribution in [2.24, 2.45) is 4.99 Å². The monoisotopic (exact) mass is 591 g/mol. The molecule has 3 rings (SSSR count). The van der Waals surface area contributed by atoms with E-state index in [1.165, 1.54) is 11.8 Å². The van der Waals surface area contributed by atoms with E-state index in [4.69, 9.17) is 27.6 Å². The minimum absolute atomic E-state index is 0.260. The van der Waals surface area contributed by atoms with Crippen molar-refractivity contribution in [3.05, 3.63) is 84.4 Å². The third kappa shape index (κ3) is 7.77. The summed E-state index contributed by atoms with van der Waals surface area (Å²) in [4.78, 5) is 6.31. The molecule has 3 aromatic rings. The first-order chi connectivity index (χ1) is 12.6. The fourth-order valence-corrected chi connectivity index (χ4v) is 2.91. The average Bonchev–Trinajstić information content (AvgIpc) is 2.64. The predicted octanol–water partition coefficient (Wildman–Crippen LogP) is 7.36. The van der Waals surface area contributed by atoms with E-state index in [1.54, 1.807) is 6.21 Å². The SMILES string of the molecule is Oc1c(C=Nc2ccccc2)cccc1Sc1ccccc1.[Cl][Ta]([Cl])[Cl]. The second-order valence-corrected chi connectivity index (χ2v) is 19.9. The molecule has 2 nitrogen and oxygen atoms in total. The van der Waals surface area contributed by atoms with Gasteiger partial charge in [-0.05, 0) is 36.4 Å². The molecule has 7 heteroatoms. The molecular weight excluding hydrogens is 578 g/mol. The summed E-state index contributed by atoms with van der Waals surface area (Å²) in [6, 6.07) is 25.4. The molecule has 0 aromatic heterocycles. The fraction of sp³-hybridized carbons (Fsp3) is 0. The molecule has 0 aliphatic carbocycles. The van der Waals surface area contributed by atoms with Gasteiger partial charge < -0.3 is 5.11 Å². The quantitative estimate of drug-likeness (QED) is 0.321. The van der Waals surface area contributed by atoms with Crippen LogP contribution in [0.25, 0.3) is 0 Å². The van der Waals surface area contributed by atoms with Gasteiger partial charge in [-0.3, -0.25) is 4.99 Å². The van der Waals surface area contributed by atoms with Crippen molar-refractivity contribution in [2.45, 2.75) is 9.79 Å². The van der Waals surface area contributed by atoms with Crippen molar-refractivity contribution >= 4 is 51.2 Å². The van der Waals surface area contributed by atoms with Gasteiger partial charge in [0, 0.05) is 16.7 Å². The van der Waals surface area contributed by atoms with Gasteiger partial charge in [-0.2, -0.15) is 0 Å². The van der Waals surface area contributed by atoms with E-state index in [-0.39, 0.29) is 5.75 Å². The summed E-state index contributed by atoms with van der Waals surface area (Å²) in [6.07, 6.45) is 1.69. The van der Waals surface area contributed by atoms with Crippen molar-refractivity contribution in [3.63, 3.8) is 0 Å². The van der Waals surface area contributed by atoms with Gasteiger partial charge in [0.05, 0.1) is 10.6 Å². The maximum atomic E-state index is 10.4. The van der Waals surface area contributed by atoms with E-state index in [0.717, 1.165) is 15.5 Å². The molecule has 0 fully saturated rings. The summed E-state index contributed by atoms with van der Waals surface area (Å²) in [5.74, 6) is 0.260. The molecule has 0 aliphatic rings. The van der Waals surface area contributed by atoms with Crippen LogP contribution in [0.2, 0.25) is 0 Å². The molecule has 0 saturated carbocycles. The summed E-state index contributed by atoms with van der Waals surface area (Å²) in [5.41, 5.74) is 1.58. The molecule has 0 saturated heterocycles. The Balaban J connectivity index is 0.000000552. The Morgan fingerprint density at radius 1 is 0.808 bits per heavy atom. The molecule has 1 N–H and O–H groups in total. The number of aromatic hydroxyl groups is 1. The van der Waals surface area contributed by atoms with Crippen molar-refractivity contribution in [1.29, 1.82) is 0 Å². The van der Waals surface area contributed by atoms with Crippen LogP contribution in [-0.2, 0) is 15.2 Å². The minimum atomic E-state index is -2.18. The standard InChI is InChI=1S/C19H15NOS.3ClH.Ta/c21-19-15(14-20-16-9-3-1-4-10-16)8-7-13-18(19)22-17-11-5-2-6-12-17;;;;/h1-14,21H;3*1H;/q;;;;+3/p-3. The number of para-hydroxylation sites is 2. The Kier molecular flexibility index (Phi) is 9.65. The van der Waals surface area contributed by atoms with Crippen LogP contribution in [0.5, 0.6) is 5.75 Å². The molecule has 0 radical (unpaired) electrons. The van der Waals surface area contributed by atoms with Gasteiger partial charge in [-0.15, -0.1) is 0 Å². The Hall–Kier alpha value is -0.910. The Bertz CT molecular complexity index is 830. The summed E-state index contributed by atoms with van der Waals surface area (Å²) < 4.78 is 0. The molecule has 3 aromatic carbocycles. The molecule has 0 spiro atoms. The molecule has 0 atom stereocenters. The van der Waals surface area contributed by atoms with Crippen LogP contribution in [0.4, 0.5) is 5.69 Å². The van der Waals surface area contributed by atoms with Crippen LogP contribution in [-0.4, -0.2) is 11.3 Å². The number of benzene rings is 3. The van der Waals surface area contributed by atoms with Gasteiger partial charge in [0.2, 0.25) is 0 Å². The number of nitrogens with zero attached hydrogens (tertiary/aromatic N) is 1. The first-order valence-electron chi connectivity index (χ1n) is 7.47. The summed E-state index contributed by atoms with van der Waals surface area (Å²) in [5, 5.41) is 10.4. The number of phenolic OH excluding ortho intramolecular Hbond substituents is 1. The van der Waals surface area contributed by atoms with Gasteiger partial charge in [0.25, 0.3) is 0 Å². The van der Waals surface area contributed by atoms with Gasteiger partial charge in [0.1, 0.15) is 5.75 Å². The number of hydrogen-bond donors (Lipinski definition) is 1. The second-order valence-electron chi connectivity index (χ2n) is 4.89. The van der Waals surface area contributed by atoms with E-state index >= 15 is 0 Å². The van der Waals surface area contributed by atoms with Crippen LogP contribution in [0.15, 0.2) is 93.6 Å². The van der Waals surface area contributed by atoms with Crippen LogP contribution in [0.3, 0.4) is 0 Å². The van der Waals surface area contributed by atoms with E-state index in [1.807, 2.05) is 78.9 Å². The van der Waals surface area contributed by atoms with E-state index in [0.29, 0.717) is 5.56 Å². The zero-order valence-electron chi connectivity index (χ0n) is 13.5. The van der Waals surface area contributed by atoms with Crippen LogP contribution >= 0.6 is 39.3 Å². The van der Waals surface area contributed by atoms with Gasteiger partial charge in [-0.25, -0.2) is 0 Å². The van der Waals surface area contributed by atoms with Crippen molar-refractivity contribution in [2.75, 3.05) is 0 Å². The third-order valence-corrected chi connectivity index (χ3v) is 4.17. The molecular formula is C19H15Cl3NOSTa. The van der Waals surface area contributed by atoms with Crippen LogP contribution < -0.4 is 0 Å². The van der Waals surface area contributed by atoms with E-state index in [2.05, 4.69) is 4.99 Å². The topological polar surface area (TPSA) is 32.6 Å². The predicted molar refractivity (Wildman–Crippen MR) is 110 cm³/mol. The van der Waals surface area contributed by atoms with Crippen LogP contribution in [0, 0.1) is 0 Å². The molecule has 26 heavy (non-hydrogen) atoms. The molecule has 0 amide bonds. The zero-order valence-corrected chi connectivity index (χ0v) is 19.8. The molecule has 0 bridgehead atoms. The van der Waals surface area contributed by atoms with Crippen molar-refractivity contribution in [1.82, 2.24) is 0 Å². The third-order valence-electron chi connectivity index (χ3n) is 3.11. The first kappa shape index (κ1) is 21.4. The molecule has 0 unspecified atom stereocenters. The number of halogens is 3. The Labute approximate surface area is 175 Å². The molecule has 0 aliphatic heterocycles. The van der Waals surface area contributed by atoms with E-state index in [9.17, 15) is 5.11 Å².